The minimum Gasteiger partial charge on any atom is -0.493 e. The van der Waals surface area contributed by atoms with Crippen LogP contribution in [0, 0.1) is 0 Å². The maximum atomic E-state index is 5.46. The molecule has 0 aromatic heterocycles. The van der Waals surface area contributed by atoms with Crippen LogP contribution in [-0.4, -0.2) is 16.8 Å². The molecular formula is C10H14OSi. The highest BCUT2D eigenvalue weighted by Gasteiger charge is 2.00. The van der Waals surface area contributed by atoms with Crippen LogP contribution in [-0.2, 0) is 0 Å². The van der Waals surface area contributed by atoms with Gasteiger partial charge in [-0.25, -0.2) is 0 Å². The van der Waals surface area contributed by atoms with Gasteiger partial charge in [-0.1, -0.05) is 23.4 Å². The van der Waals surface area contributed by atoms with E-state index < -0.39 is 0 Å². The molecule has 0 unspecified atom stereocenters. The minimum atomic E-state index is 0.714. The van der Waals surface area contributed by atoms with Crippen molar-refractivity contribution in [1.82, 2.24) is 0 Å². The van der Waals surface area contributed by atoms with Crippen molar-refractivity contribution >= 4 is 15.4 Å². The number of benzene rings is 1. The van der Waals surface area contributed by atoms with Crippen molar-refractivity contribution < 1.29 is 4.74 Å². The van der Waals surface area contributed by atoms with Gasteiger partial charge in [-0.3, -0.25) is 0 Å². The largest absolute Gasteiger partial charge is 0.493 e. The second kappa shape index (κ2) is 4.12. The summed E-state index contributed by atoms with van der Waals surface area (Å²) in [5.41, 5.74) is 1.16. The third-order valence-electron chi connectivity index (χ3n) is 1.65. The van der Waals surface area contributed by atoms with Crippen molar-refractivity contribution in [2.75, 3.05) is 6.61 Å². The molecule has 0 aliphatic carbocycles. The molecule has 0 fully saturated rings. The van der Waals surface area contributed by atoms with Gasteiger partial charge in [0.25, 0.3) is 0 Å². The van der Waals surface area contributed by atoms with Gasteiger partial charge < -0.3 is 4.74 Å². The van der Waals surface area contributed by atoms with Crippen molar-refractivity contribution in [3.8, 4) is 5.75 Å². The molecule has 0 aliphatic rings. The summed E-state index contributed by atoms with van der Waals surface area (Å²) in [7, 11) is 0.988. The SMILES string of the molecule is C=C([SiH3])c1ccccc1OCC. The molecular weight excluding hydrogens is 164 g/mol. The second-order valence-corrected chi connectivity index (χ2v) is 3.92. The van der Waals surface area contributed by atoms with Crippen LogP contribution in [0.1, 0.15) is 12.5 Å². The van der Waals surface area contributed by atoms with Crippen LogP contribution in [0.4, 0.5) is 0 Å². The Bertz CT molecular complexity index is 281. The van der Waals surface area contributed by atoms with Gasteiger partial charge in [0.05, 0.1) is 6.61 Å². The molecule has 0 N–H and O–H groups in total. The van der Waals surface area contributed by atoms with Crippen molar-refractivity contribution in [2.45, 2.75) is 6.92 Å². The van der Waals surface area contributed by atoms with Crippen LogP contribution in [0.15, 0.2) is 30.8 Å². The van der Waals surface area contributed by atoms with E-state index in [-0.39, 0.29) is 0 Å². The van der Waals surface area contributed by atoms with Crippen LogP contribution < -0.4 is 4.74 Å². The molecule has 1 aromatic rings. The van der Waals surface area contributed by atoms with Gasteiger partial charge >= 0.3 is 0 Å². The Hall–Kier alpha value is -1.02. The molecule has 1 aromatic carbocycles. The lowest BCUT2D eigenvalue weighted by molar-refractivity contribution is 0.339. The van der Waals surface area contributed by atoms with Crippen molar-refractivity contribution in [1.29, 1.82) is 0 Å². The lowest BCUT2D eigenvalue weighted by Crippen LogP contribution is -1.95. The van der Waals surface area contributed by atoms with E-state index >= 15 is 0 Å². The first-order valence-electron chi connectivity index (χ1n) is 4.13. The number of rotatable bonds is 3. The zero-order valence-corrected chi connectivity index (χ0v) is 9.63. The Morgan fingerprint density at radius 3 is 2.75 bits per heavy atom. The van der Waals surface area contributed by atoms with E-state index in [9.17, 15) is 0 Å². The Morgan fingerprint density at radius 1 is 1.50 bits per heavy atom. The molecule has 0 saturated heterocycles. The maximum Gasteiger partial charge on any atom is 0.126 e. The molecule has 0 heterocycles. The van der Waals surface area contributed by atoms with Crippen LogP contribution in [0.5, 0.6) is 5.75 Å². The third-order valence-corrected chi connectivity index (χ3v) is 2.19. The topological polar surface area (TPSA) is 9.23 Å². The summed E-state index contributed by atoms with van der Waals surface area (Å²) >= 11 is 0. The molecule has 0 aliphatic heterocycles. The van der Waals surface area contributed by atoms with Crippen LogP contribution >= 0.6 is 0 Å². The predicted molar refractivity (Wildman–Crippen MR) is 56.6 cm³/mol. The second-order valence-electron chi connectivity index (χ2n) is 2.71. The molecule has 0 radical (unpaired) electrons. The van der Waals surface area contributed by atoms with Gasteiger partial charge in [0.2, 0.25) is 0 Å². The number of hydrogen-bond acceptors (Lipinski definition) is 1. The highest BCUT2D eigenvalue weighted by Crippen LogP contribution is 2.22. The Kier molecular flexibility index (Phi) is 3.11. The summed E-state index contributed by atoms with van der Waals surface area (Å²) in [6, 6.07) is 8.04. The van der Waals surface area contributed by atoms with E-state index in [1.54, 1.807) is 0 Å². The average molecular weight is 178 g/mol. The molecule has 0 atom stereocenters. The Balaban J connectivity index is 3.00. The molecule has 0 amide bonds. The first-order valence-corrected chi connectivity index (χ1v) is 5.13. The normalized spacial score (nSPS) is 9.75. The van der Waals surface area contributed by atoms with E-state index in [0.717, 1.165) is 21.6 Å². The number of hydrogen-bond donors (Lipinski definition) is 0. The average Bonchev–Trinajstić information content (AvgIpc) is 2.05. The van der Waals surface area contributed by atoms with Crippen LogP contribution in [0.3, 0.4) is 0 Å². The fourth-order valence-electron chi connectivity index (χ4n) is 1.10. The smallest absolute Gasteiger partial charge is 0.126 e. The van der Waals surface area contributed by atoms with Crippen LogP contribution in [0.2, 0.25) is 0 Å². The monoisotopic (exact) mass is 178 g/mol. The highest BCUT2D eigenvalue weighted by atomic mass is 28.1. The summed E-state index contributed by atoms with van der Waals surface area (Å²) in [4.78, 5) is 0. The predicted octanol–water partition coefficient (Wildman–Crippen LogP) is 1.42. The summed E-state index contributed by atoms with van der Waals surface area (Å²) in [5, 5.41) is 1.18. The zero-order chi connectivity index (χ0) is 8.97. The molecule has 0 spiro atoms. The maximum absolute atomic E-state index is 5.46. The van der Waals surface area contributed by atoms with Crippen molar-refractivity contribution in [3.63, 3.8) is 0 Å². The summed E-state index contributed by atoms with van der Waals surface area (Å²) < 4.78 is 5.46. The van der Waals surface area contributed by atoms with E-state index in [4.69, 9.17) is 4.74 Å². The Morgan fingerprint density at radius 2 is 2.17 bits per heavy atom. The van der Waals surface area contributed by atoms with Gasteiger partial charge in [-0.2, -0.15) is 0 Å². The van der Waals surface area contributed by atoms with Gasteiger partial charge in [0, 0.05) is 15.8 Å². The number of ether oxygens (including phenoxy) is 1. The first kappa shape index (κ1) is 9.07. The fourth-order valence-corrected chi connectivity index (χ4v) is 1.51. The van der Waals surface area contributed by atoms with Crippen LogP contribution in [0.25, 0.3) is 5.20 Å². The van der Waals surface area contributed by atoms with E-state index in [1.165, 1.54) is 5.20 Å². The zero-order valence-electron chi connectivity index (χ0n) is 7.63. The first-order chi connectivity index (χ1) is 5.75. The third kappa shape index (κ3) is 1.98. The van der Waals surface area contributed by atoms with E-state index in [1.807, 2.05) is 25.1 Å². The molecule has 0 saturated carbocycles. The van der Waals surface area contributed by atoms with Crippen molar-refractivity contribution in [2.24, 2.45) is 0 Å². The molecule has 1 nitrogen and oxygen atoms in total. The minimum absolute atomic E-state index is 0.714. The molecule has 1 rings (SSSR count). The van der Waals surface area contributed by atoms with E-state index in [2.05, 4.69) is 12.6 Å². The standard InChI is InChI=1S/C10H14OSi/c1-3-11-10-7-5-4-6-9(10)8(2)12/h4-7H,2-3H2,1,12H3. The molecule has 12 heavy (non-hydrogen) atoms. The molecule has 2 heteroatoms. The van der Waals surface area contributed by atoms with E-state index in [0.29, 0.717) is 6.61 Å². The lowest BCUT2D eigenvalue weighted by atomic mass is 10.2. The Labute approximate surface area is 76.5 Å². The number of para-hydroxylation sites is 1. The lowest BCUT2D eigenvalue weighted by Gasteiger charge is -2.08. The fraction of sp³-hybridized carbons (Fsp3) is 0.200. The van der Waals surface area contributed by atoms with Gasteiger partial charge in [-0.15, -0.1) is 6.58 Å². The van der Waals surface area contributed by atoms with Crippen molar-refractivity contribution in [3.05, 3.63) is 36.4 Å². The van der Waals surface area contributed by atoms with Gasteiger partial charge in [0.15, 0.2) is 0 Å². The summed E-state index contributed by atoms with van der Waals surface area (Å²) in [5.74, 6) is 0.958. The molecule has 64 valence electrons. The molecule has 0 bridgehead atoms. The van der Waals surface area contributed by atoms with Gasteiger partial charge in [0.1, 0.15) is 5.75 Å². The summed E-state index contributed by atoms with van der Waals surface area (Å²) in [6.45, 7) is 6.66. The van der Waals surface area contributed by atoms with Gasteiger partial charge in [-0.05, 0) is 13.0 Å². The quantitative estimate of drug-likeness (QED) is 0.636. The summed E-state index contributed by atoms with van der Waals surface area (Å²) in [6.07, 6.45) is 0. The highest BCUT2D eigenvalue weighted by molar-refractivity contribution is 6.42.